The first-order valence-electron chi connectivity index (χ1n) is 10.5. The first-order valence-corrected chi connectivity index (χ1v) is 10.5. The molecule has 2 heterocycles. The number of aromatic nitrogens is 2. The summed E-state index contributed by atoms with van der Waals surface area (Å²) in [5.74, 6) is -2.74. The van der Waals surface area contributed by atoms with Gasteiger partial charge in [-0.3, -0.25) is 9.59 Å². The number of pyridine rings is 1. The number of amides is 2. The van der Waals surface area contributed by atoms with Crippen LogP contribution in [0.1, 0.15) is 33.2 Å². The molecule has 9 heteroatoms. The van der Waals surface area contributed by atoms with Gasteiger partial charge in [0, 0.05) is 25.0 Å². The van der Waals surface area contributed by atoms with Crippen LogP contribution in [0.25, 0.3) is 5.65 Å². The second-order valence-corrected chi connectivity index (χ2v) is 7.71. The molecule has 2 N–H and O–H groups in total. The van der Waals surface area contributed by atoms with Gasteiger partial charge in [-0.1, -0.05) is 12.1 Å². The molecule has 0 aliphatic heterocycles. The van der Waals surface area contributed by atoms with Crippen molar-refractivity contribution in [1.82, 2.24) is 20.0 Å². The molecule has 0 aliphatic rings. The highest BCUT2D eigenvalue weighted by molar-refractivity contribution is 5.97. The molecule has 0 bridgehead atoms. The number of halogens is 2. The van der Waals surface area contributed by atoms with Crippen LogP contribution in [0, 0.1) is 18.6 Å². The standard InChI is InChI=1S/C25H22F2N4O3/c1-15-3-10-22-29-18(13-31(22)12-15)14-34-19-7-4-16(5-8-19)24(32)30-23(25(33)28-2)17-6-9-20(26)21(27)11-17/h3-13,23H,14H2,1-2H3,(H,28,33)(H,30,32). The van der Waals surface area contributed by atoms with E-state index < -0.39 is 29.5 Å². The lowest BCUT2D eigenvalue weighted by Crippen LogP contribution is -2.39. The lowest BCUT2D eigenvalue weighted by Gasteiger charge is -2.18. The highest BCUT2D eigenvalue weighted by atomic mass is 19.2. The third-order valence-electron chi connectivity index (χ3n) is 5.21. The Morgan fingerprint density at radius 1 is 1.03 bits per heavy atom. The fourth-order valence-electron chi connectivity index (χ4n) is 3.44. The van der Waals surface area contributed by atoms with Gasteiger partial charge in [-0.05, 0) is 60.5 Å². The zero-order chi connectivity index (χ0) is 24.2. The van der Waals surface area contributed by atoms with E-state index >= 15 is 0 Å². The van der Waals surface area contributed by atoms with Crippen LogP contribution in [0.15, 0.2) is 67.0 Å². The van der Waals surface area contributed by atoms with Gasteiger partial charge in [-0.2, -0.15) is 0 Å². The van der Waals surface area contributed by atoms with Crippen LogP contribution in [-0.4, -0.2) is 28.2 Å². The van der Waals surface area contributed by atoms with Crippen molar-refractivity contribution in [2.24, 2.45) is 0 Å². The van der Waals surface area contributed by atoms with Gasteiger partial charge in [0.2, 0.25) is 5.91 Å². The molecule has 2 aromatic heterocycles. The minimum atomic E-state index is -1.19. The van der Waals surface area contributed by atoms with Crippen LogP contribution in [0.4, 0.5) is 8.78 Å². The van der Waals surface area contributed by atoms with Crippen LogP contribution in [0.2, 0.25) is 0 Å². The molecule has 0 saturated carbocycles. The molecule has 4 rings (SSSR count). The summed E-state index contributed by atoms with van der Waals surface area (Å²) in [5.41, 5.74) is 3.09. The fourth-order valence-corrected chi connectivity index (χ4v) is 3.44. The zero-order valence-electron chi connectivity index (χ0n) is 18.5. The highest BCUT2D eigenvalue weighted by Crippen LogP contribution is 2.19. The summed E-state index contributed by atoms with van der Waals surface area (Å²) in [7, 11) is 1.39. The Hall–Kier alpha value is -4.27. The lowest BCUT2D eigenvalue weighted by atomic mass is 10.0. The smallest absolute Gasteiger partial charge is 0.252 e. The summed E-state index contributed by atoms with van der Waals surface area (Å²) in [6, 6.07) is 12.1. The quantitative estimate of drug-likeness (QED) is 0.437. The van der Waals surface area contributed by atoms with E-state index in [9.17, 15) is 18.4 Å². The zero-order valence-corrected chi connectivity index (χ0v) is 18.5. The molecule has 1 atom stereocenters. The first kappa shape index (κ1) is 22.9. The number of nitrogens with zero attached hydrogens (tertiary/aromatic N) is 2. The maximum atomic E-state index is 13.6. The Morgan fingerprint density at radius 3 is 2.50 bits per heavy atom. The molecule has 4 aromatic rings. The average molecular weight is 464 g/mol. The molecule has 2 aromatic carbocycles. The molecule has 7 nitrogen and oxygen atoms in total. The summed E-state index contributed by atoms with van der Waals surface area (Å²) >= 11 is 0. The van der Waals surface area contributed by atoms with Gasteiger partial charge >= 0.3 is 0 Å². The molecule has 0 saturated heterocycles. The number of benzene rings is 2. The fraction of sp³-hybridized carbons (Fsp3) is 0.160. The minimum Gasteiger partial charge on any atom is -0.487 e. The predicted octanol–water partition coefficient (Wildman–Crippen LogP) is 3.72. The van der Waals surface area contributed by atoms with Gasteiger partial charge in [-0.15, -0.1) is 0 Å². The molecule has 0 fully saturated rings. The summed E-state index contributed by atoms with van der Waals surface area (Å²) in [6.07, 6.45) is 3.87. The van der Waals surface area contributed by atoms with E-state index in [0.29, 0.717) is 5.75 Å². The number of aryl methyl sites for hydroxylation is 1. The number of ether oxygens (including phenoxy) is 1. The molecule has 2 amide bonds. The monoisotopic (exact) mass is 464 g/mol. The van der Waals surface area contributed by atoms with Gasteiger partial charge in [0.1, 0.15) is 24.0 Å². The van der Waals surface area contributed by atoms with E-state index in [2.05, 4.69) is 15.6 Å². The van der Waals surface area contributed by atoms with Crippen LogP contribution < -0.4 is 15.4 Å². The Bertz CT molecular complexity index is 1350. The van der Waals surface area contributed by atoms with Crippen LogP contribution >= 0.6 is 0 Å². The van der Waals surface area contributed by atoms with Gasteiger partial charge in [0.25, 0.3) is 5.91 Å². The number of fused-ring (bicyclic) bond motifs is 1. The molecule has 0 spiro atoms. The molecule has 34 heavy (non-hydrogen) atoms. The van der Waals surface area contributed by atoms with Crippen LogP contribution in [-0.2, 0) is 11.4 Å². The Balaban J connectivity index is 1.42. The highest BCUT2D eigenvalue weighted by Gasteiger charge is 2.23. The number of likely N-dealkylation sites (N-methyl/N-ethyl adjacent to an activating group) is 1. The van der Waals surface area contributed by atoms with Crippen molar-refractivity contribution in [1.29, 1.82) is 0 Å². The predicted molar refractivity (Wildman–Crippen MR) is 121 cm³/mol. The minimum absolute atomic E-state index is 0.120. The maximum absolute atomic E-state index is 13.6. The Kier molecular flexibility index (Phi) is 6.53. The van der Waals surface area contributed by atoms with Crippen molar-refractivity contribution >= 4 is 17.5 Å². The van der Waals surface area contributed by atoms with Crippen molar-refractivity contribution in [3.8, 4) is 5.75 Å². The Morgan fingerprint density at radius 2 is 1.79 bits per heavy atom. The average Bonchev–Trinajstić information content (AvgIpc) is 3.24. The van der Waals surface area contributed by atoms with Crippen molar-refractivity contribution in [2.45, 2.75) is 19.6 Å². The number of carbonyl (C=O) groups excluding carboxylic acids is 2. The number of carbonyl (C=O) groups is 2. The summed E-state index contributed by atoms with van der Waals surface area (Å²) < 4.78 is 34.6. The number of hydrogen-bond acceptors (Lipinski definition) is 4. The topological polar surface area (TPSA) is 84.7 Å². The summed E-state index contributed by atoms with van der Waals surface area (Å²) in [4.78, 5) is 29.5. The summed E-state index contributed by atoms with van der Waals surface area (Å²) in [5, 5.41) is 4.96. The van der Waals surface area contributed by atoms with E-state index in [1.807, 2.05) is 35.9 Å². The third kappa shape index (κ3) is 5.03. The van der Waals surface area contributed by atoms with Crippen molar-refractivity contribution < 1.29 is 23.1 Å². The SMILES string of the molecule is CNC(=O)C(NC(=O)c1ccc(OCc2cn3cc(C)ccc3n2)cc1)c1ccc(F)c(F)c1. The number of rotatable bonds is 7. The maximum Gasteiger partial charge on any atom is 0.252 e. The molecule has 174 valence electrons. The molecular weight excluding hydrogens is 442 g/mol. The van der Waals surface area contributed by atoms with Gasteiger partial charge in [0.15, 0.2) is 11.6 Å². The first-order chi connectivity index (χ1) is 16.3. The van der Waals surface area contributed by atoms with Crippen molar-refractivity contribution in [3.05, 3.63) is 101 Å². The molecule has 1 unspecified atom stereocenters. The van der Waals surface area contributed by atoms with E-state index in [4.69, 9.17) is 4.74 Å². The number of hydrogen-bond donors (Lipinski definition) is 2. The normalized spacial score (nSPS) is 11.8. The van der Waals surface area contributed by atoms with E-state index in [0.717, 1.165) is 29.0 Å². The molecule has 0 aliphatic carbocycles. The van der Waals surface area contributed by atoms with Gasteiger partial charge in [0.05, 0.1) is 5.69 Å². The Labute approximate surface area is 194 Å². The third-order valence-corrected chi connectivity index (χ3v) is 5.21. The van der Waals surface area contributed by atoms with E-state index in [1.165, 1.54) is 13.1 Å². The van der Waals surface area contributed by atoms with Gasteiger partial charge in [-0.25, -0.2) is 13.8 Å². The second-order valence-electron chi connectivity index (χ2n) is 7.71. The van der Waals surface area contributed by atoms with Gasteiger partial charge < -0.3 is 19.8 Å². The number of nitrogens with one attached hydrogen (secondary N) is 2. The van der Waals surface area contributed by atoms with Crippen LogP contribution in [0.5, 0.6) is 5.75 Å². The van der Waals surface area contributed by atoms with E-state index in [-0.39, 0.29) is 17.7 Å². The van der Waals surface area contributed by atoms with E-state index in [1.54, 1.807) is 24.3 Å². The molecular formula is C25H22F2N4O3. The van der Waals surface area contributed by atoms with Crippen molar-refractivity contribution in [3.63, 3.8) is 0 Å². The second kappa shape index (κ2) is 9.70. The summed E-state index contributed by atoms with van der Waals surface area (Å²) in [6.45, 7) is 2.25. The number of imidazole rings is 1. The lowest BCUT2D eigenvalue weighted by molar-refractivity contribution is -0.122. The molecule has 0 radical (unpaired) electrons. The largest absolute Gasteiger partial charge is 0.487 e. The van der Waals surface area contributed by atoms with Crippen LogP contribution in [0.3, 0.4) is 0 Å². The van der Waals surface area contributed by atoms with Crippen molar-refractivity contribution in [2.75, 3.05) is 7.05 Å².